The van der Waals surface area contributed by atoms with Crippen LogP contribution < -0.4 is 5.32 Å². The Morgan fingerprint density at radius 1 is 1.29 bits per heavy atom. The maximum Gasteiger partial charge on any atom is 0.331 e. The fourth-order valence-electron chi connectivity index (χ4n) is 1.77. The monoisotopic (exact) mass is 411 g/mol. The molecule has 126 valence electrons. The van der Waals surface area contributed by atoms with Gasteiger partial charge in [-0.15, -0.1) is 0 Å². The predicted molar refractivity (Wildman–Crippen MR) is 94.3 cm³/mol. The number of furan rings is 1. The minimum atomic E-state index is -0.905. The number of ether oxygens (including phenoxy) is 1. The van der Waals surface area contributed by atoms with Crippen LogP contribution in [-0.2, 0) is 20.9 Å². The third-order valence-electron chi connectivity index (χ3n) is 3.02. The smallest absolute Gasteiger partial charge is 0.331 e. The molecule has 24 heavy (non-hydrogen) atoms. The van der Waals surface area contributed by atoms with Crippen molar-refractivity contribution < 1.29 is 18.7 Å². The largest absolute Gasteiger partial charge is 0.450 e. The highest BCUT2D eigenvalue weighted by molar-refractivity contribution is 9.10. The number of halogens is 2. The van der Waals surface area contributed by atoms with Crippen molar-refractivity contribution in [2.45, 2.75) is 19.6 Å². The van der Waals surface area contributed by atoms with Crippen LogP contribution >= 0.6 is 27.5 Å². The summed E-state index contributed by atoms with van der Waals surface area (Å²) in [6, 6.07) is 10.5. The van der Waals surface area contributed by atoms with E-state index in [1.165, 1.54) is 19.1 Å². The van der Waals surface area contributed by atoms with Gasteiger partial charge in [0.1, 0.15) is 5.76 Å². The van der Waals surface area contributed by atoms with Crippen molar-refractivity contribution in [3.63, 3.8) is 0 Å². The highest BCUT2D eigenvalue weighted by Gasteiger charge is 2.16. The zero-order valence-corrected chi connectivity index (χ0v) is 15.1. The van der Waals surface area contributed by atoms with Gasteiger partial charge < -0.3 is 14.5 Å². The average Bonchev–Trinajstić information content (AvgIpc) is 2.97. The van der Waals surface area contributed by atoms with E-state index in [4.69, 9.17) is 20.8 Å². The lowest BCUT2D eigenvalue weighted by Crippen LogP contribution is -2.35. The summed E-state index contributed by atoms with van der Waals surface area (Å²) in [4.78, 5) is 23.6. The maximum absolute atomic E-state index is 11.9. The molecule has 0 bridgehead atoms. The number of hydrogen-bond donors (Lipinski definition) is 1. The number of nitrogens with one attached hydrogen (secondary N) is 1. The van der Waals surface area contributed by atoms with Crippen molar-refractivity contribution in [1.82, 2.24) is 5.32 Å². The second kappa shape index (κ2) is 8.70. The number of carbonyl (C=O) groups is 2. The molecule has 1 atom stereocenters. The van der Waals surface area contributed by atoms with E-state index in [1.807, 2.05) is 12.1 Å². The van der Waals surface area contributed by atoms with E-state index in [2.05, 4.69) is 21.2 Å². The van der Waals surface area contributed by atoms with Crippen LogP contribution in [0.2, 0.25) is 5.02 Å². The highest BCUT2D eigenvalue weighted by atomic mass is 79.9. The van der Waals surface area contributed by atoms with Gasteiger partial charge in [-0.3, -0.25) is 4.79 Å². The normalized spacial score (nSPS) is 12.1. The van der Waals surface area contributed by atoms with Gasteiger partial charge in [-0.2, -0.15) is 0 Å². The first-order valence-electron chi connectivity index (χ1n) is 7.10. The van der Waals surface area contributed by atoms with Crippen molar-refractivity contribution in [3.05, 3.63) is 63.5 Å². The Morgan fingerprint density at radius 2 is 2.00 bits per heavy atom. The van der Waals surface area contributed by atoms with Crippen molar-refractivity contribution in [1.29, 1.82) is 0 Å². The molecule has 1 heterocycles. The summed E-state index contributed by atoms with van der Waals surface area (Å²) in [6.45, 7) is 1.83. The van der Waals surface area contributed by atoms with Crippen LogP contribution in [0.5, 0.6) is 0 Å². The van der Waals surface area contributed by atoms with Crippen molar-refractivity contribution >= 4 is 45.5 Å². The molecule has 0 spiro atoms. The van der Waals surface area contributed by atoms with Gasteiger partial charge in [-0.1, -0.05) is 23.7 Å². The Hall–Kier alpha value is -2.05. The molecule has 0 aliphatic heterocycles. The number of hydrogen-bond acceptors (Lipinski definition) is 4. The summed E-state index contributed by atoms with van der Waals surface area (Å²) >= 11 is 8.96. The molecule has 1 N–H and O–H groups in total. The van der Waals surface area contributed by atoms with Crippen molar-refractivity contribution in [2.24, 2.45) is 0 Å². The Bertz CT molecular complexity index is 739. The quantitative estimate of drug-likeness (QED) is 0.576. The van der Waals surface area contributed by atoms with E-state index in [-0.39, 0.29) is 5.91 Å². The van der Waals surface area contributed by atoms with Gasteiger partial charge in [0.15, 0.2) is 10.8 Å². The highest BCUT2D eigenvalue weighted by Crippen LogP contribution is 2.15. The van der Waals surface area contributed by atoms with Crippen molar-refractivity contribution in [2.75, 3.05) is 0 Å². The Morgan fingerprint density at radius 3 is 2.62 bits per heavy atom. The molecule has 1 amide bonds. The zero-order chi connectivity index (χ0) is 17.5. The molecule has 2 rings (SSSR count). The van der Waals surface area contributed by atoms with E-state index in [0.29, 0.717) is 22.0 Å². The first kappa shape index (κ1) is 18.3. The number of esters is 1. The van der Waals surface area contributed by atoms with Crippen LogP contribution in [0.15, 0.2) is 51.6 Å². The molecule has 0 radical (unpaired) electrons. The molecule has 7 heteroatoms. The number of benzene rings is 1. The minimum Gasteiger partial charge on any atom is -0.450 e. The fourth-order valence-corrected chi connectivity index (χ4v) is 2.22. The van der Waals surface area contributed by atoms with Gasteiger partial charge in [-0.25, -0.2) is 4.79 Å². The van der Waals surface area contributed by atoms with Gasteiger partial charge in [0, 0.05) is 17.6 Å². The topological polar surface area (TPSA) is 68.5 Å². The van der Waals surface area contributed by atoms with Crippen LogP contribution in [0.3, 0.4) is 0 Å². The second-order valence-corrected chi connectivity index (χ2v) is 6.12. The number of rotatable bonds is 6. The summed E-state index contributed by atoms with van der Waals surface area (Å²) in [5.74, 6) is -0.511. The number of carbonyl (C=O) groups excluding carboxylic acids is 2. The molecule has 0 saturated heterocycles. The molecular formula is C17H15BrClNO4. The molecule has 0 fully saturated rings. The Labute approximate surface area is 152 Å². The second-order valence-electron chi connectivity index (χ2n) is 4.90. The zero-order valence-electron chi connectivity index (χ0n) is 12.8. The van der Waals surface area contributed by atoms with Gasteiger partial charge in [0.25, 0.3) is 5.91 Å². The van der Waals surface area contributed by atoms with E-state index >= 15 is 0 Å². The fraction of sp³-hybridized carbons (Fsp3) is 0.176. The number of amides is 1. The SMILES string of the molecule is CC(OC(=O)/C=C/c1ccc(Br)o1)C(=O)NCc1ccc(Cl)cc1. The summed E-state index contributed by atoms with van der Waals surface area (Å²) in [7, 11) is 0. The predicted octanol–water partition coefficient (Wildman–Crippen LogP) is 3.96. The van der Waals surface area contributed by atoms with Gasteiger partial charge in [-0.05, 0) is 58.8 Å². The lowest BCUT2D eigenvalue weighted by Gasteiger charge is -2.12. The molecule has 2 aromatic rings. The van der Waals surface area contributed by atoms with E-state index in [0.717, 1.165) is 5.56 Å². The molecule has 0 saturated carbocycles. The van der Waals surface area contributed by atoms with E-state index < -0.39 is 12.1 Å². The van der Waals surface area contributed by atoms with Crippen molar-refractivity contribution in [3.8, 4) is 0 Å². The van der Waals surface area contributed by atoms with Crippen LogP contribution in [0.25, 0.3) is 6.08 Å². The summed E-state index contributed by atoms with van der Waals surface area (Å²) in [5, 5.41) is 3.32. The summed E-state index contributed by atoms with van der Waals surface area (Å²) in [6.07, 6.45) is 1.76. The Kier molecular flexibility index (Phi) is 6.63. The molecule has 5 nitrogen and oxygen atoms in total. The van der Waals surface area contributed by atoms with Crippen LogP contribution in [0.4, 0.5) is 0 Å². The van der Waals surface area contributed by atoms with Crippen LogP contribution in [0, 0.1) is 0 Å². The maximum atomic E-state index is 11.9. The molecule has 0 aliphatic rings. The van der Waals surface area contributed by atoms with Gasteiger partial charge >= 0.3 is 5.97 Å². The molecule has 1 aromatic carbocycles. The molecular weight excluding hydrogens is 398 g/mol. The first-order chi connectivity index (χ1) is 11.4. The average molecular weight is 413 g/mol. The first-order valence-corrected chi connectivity index (χ1v) is 8.27. The molecule has 1 unspecified atom stereocenters. The van der Waals surface area contributed by atoms with Gasteiger partial charge in [0.05, 0.1) is 0 Å². The molecule has 0 aliphatic carbocycles. The van der Waals surface area contributed by atoms with E-state index in [9.17, 15) is 9.59 Å². The lowest BCUT2D eigenvalue weighted by atomic mass is 10.2. The van der Waals surface area contributed by atoms with Crippen LogP contribution in [0.1, 0.15) is 18.2 Å². The Balaban J connectivity index is 1.79. The third-order valence-corrected chi connectivity index (χ3v) is 3.70. The van der Waals surface area contributed by atoms with E-state index in [1.54, 1.807) is 24.3 Å². The van der Waals surface area contributed by atoms with Gasteiger partial charge in [0.2, 0.25) is 0 Å². The minimum absolute atomic E-state index is 0.328. The molecule has 1 aromatic heterocycles. The van der Waals surface area contributed by atoms with Crippen LogP contribution in [-0.4, -0.2) is 18.0 Å². The summed E-state index contributed by atoms with van der Waals surface area (Å²) < 4.78 is 10.8. The summed E-state index contributed by atoms with van der Waals surface area (Å²) in [5.41, 5.74) is 0.898. The third kappa shape index (κ3) is 5.86. The lowest BCUT2D eigenvalue weighted by molar-refractivity contribution is -0.150. The standard InChI is InChI=1S/C17H15BrClNO4/c1-11(17(22)20-10-12-2-4-13(19)5-3-12)23-16(21)9-7-14-6-8-15(18)24-14/h2-9,11H,10H2,1H3,(H,20,22)/b9-7+.